The van der Waals surface area contributed by atoms with E-state index >= 15 is 0 Å². The molecule has 1 rings (SSSR count). The molecule has 15 heavy (non-hydrogen) atoms. The second-order valence-corrected chi connectivity index (χ2v) is 3.97. The van der Waals surface area contributed by atoms with Gasteiger partial charge in [0.15, 0.2) is 0 Å². The number of halogens is 1. The zero-order valence-electron chi connectivity index (χ0n) is 9.18. The molecular formula is C13H16ClN. The van der Waals surface area contributed by atoms with Crippen LogP contribution in [0.4, 0.5) is 0 Å². The third-order valence-corrected chi connectivity index (χ3v) is 2.70. The van der Waals surface area contributed by atoms with E-state index in [1.54, 1.807) is 0 Å². The quantitative estimate of drug-likeness (QED) is 0.770. The minimum atomic E-state index is -0.0130. The Morgan fingerprint density at radius 1 is 1.53 bits per heavy atom. The van der Waals surface area contributed by atoms with Gasteiger partial charge in [0, 0.05) is 5.02 Å². The molecule has 1 nitrogen and oxygen atoms in total. The van der Waals surface area contributed by atoms with Crippen LogP contribution in [0.3, 0.4) is 0 Å². The zero-order valence-corrected chi connectivity index (χ0v) is 9.93. The first-order valence-corrected chi connectivity index (χ1v) is 5.52. The van der Waals surface area contributed by atoms with Crippen LogP contribution in [0.5, 0.6) is 0 Å². The van der Waals surface area contributed by atoms with E-state index in [9.17, 15) is 0 Å². The van der Waals surface area contributed by atoms with Crippen molar-refractivity contribution in [2.45, 2.75) is 26.3 Å². The molecule has 0 amide bonds. The van der Waals surface area contributed by atoms with Gasteiger partial charge in [0.05, 0.1) is 6.04 Å². The normalized spacial score (nSPS) is 12.1. The molecule has 0 aromatic heterocycles. The maximum absolute atomic E-state index is 5.96. The van der Waals surface area contributed by atoms with Crippen LogP contribution in [-0.4, -0.2) is 6.54 Å². The van der Waals surface area contributed by atoms with Gasteiger partial charge in [-0.15, -0.1) is 6.42 Å². The number of hydrogen-bond donors (Lipinski definition) is 1. The summed E-state index contributed by atoms with van der Waals surface area (Å²) in [5.74, 6) is 2.75. The van der Waals surface area contributed by atoms with Gasteiger partial charge in [0.2, 0.25) is 0 Å². The summed E-state index contributed by atoms with van der Waals surface area (Å²) in [7, 11) is 0. The molecule has 0 fully saturated rings. The van der Waals surface area contributed by atoms with E-state index in [2.05, 4.69) is 18.2 Å². The Balaban J connectivity index is 2.84. The molecule has 0 spiro atoms. The molecular weight excluding hydrogens is 206 g/mol. The van der Waals surface area contributed by atoms with Crippen LogP contribution in [0, 0.1) is 19.3 Å². The SMILES string of the molecule is C#CC(NCCC)c1ccc(Cl)c(C)c1. The van der Waals surface area contributed by atoms with Crippen molar-refractivity contribution in [3.05, 3.63) is 34.3 Å². The molecule has 0 aliphatic carbocycles. The highest BCUT2D eigenvalue weighted by Gasteiger charge is 2.07. The average Bonchev–Trinajstić information content (AvgIpc) is 2.24. The Morgan fingerprint density at radius 3 is 2.80 bits per heavy atom. The van der Waals surface area contributed by atoms with E-state index < -0.39 is 0 Å². The predicted molar refractivity (Wildman–Crippen MR) is 66.1 cm³/mol. The van der Waals surface area contributed by atoms with Crippen molar-refractivity contribution in [1.29, 1.82) is 0 Å². The fraction of sp³-hybridized carbons (Fsp3) is 0.385. The molecule has 0 bridgehead atoms. The van der Waals surface area contributed by atoms with Gasteiger partial charge in [-0.25, -0.2) is 0 Å². The van der Waals surface area contributed by atoms with Gasteiger partial charge in [-0.3, -0.25) is 0 Å². The van der Waals surface area contributed by atoms with Crippen LogP contribution in [0.1, 0.15) is 30.5 Å². The Kier molecular flexibility index (Phi) is 4.68. The van der Waals surface area contributed by atoms with Gasteiger partial charge in [-0.1, -0.05) is 36.6 Å². The number of nitrogens with one attached hydrogen (secondary N) is 1. The van der Waals surface area contributed by atoms with Gasteiger partial charge in [-0.2, -0.15) is 0 Å². The molecule has 1 unspecified atom stereocenters. The van der Waals surface area contributed by atoms with Gasteiger partial charge in [0.1, 0.15) is 0 Å². The van der Waals surface area contributed by atoms with Crippen LogP contribution < -0.4 is 5.32 Å². The first kappa shape index (κ1) is 12.1. The summed E-state index contributed by atoms with van der Waals surface area (Å²) in [6.45, 7) is 5.03. The van der Waals surface area contributed by atoms with Gasteiger partial charge < -0.3 is 5.32 Å². The third-order valence-electron chi connectivity index (χ3n) is 2.28. The van der Waals surface area contributed by atoms with Crippen molar-refractivity contribution in [2.75, 3.05) is 6.54 Å². The Morgan fingerprint density at radius 2 is 2.27 bits per heavy atom. The van der Waals surface area contributed by atoms with Crippen LogP contribution in [0.25, 0.3) is 0 Å². The highest BCUT2D eigenvalue weighted by atomic mass is 35.5. The van der Waals surface area contributed by atoms with Crippen molar-refractivity contribution in [2.24, 2.45) is 0 Å². The maximum atomic E-state index is 5.96. The van der Waals surface area contributed by atoms with E-state index in [4.69, 9.17) is 18.0 Å². The lowest BCUT2D eigenvalue weighted by Gasteiger charge is -2.13. The van der Waals surface area contributed by atoms with E-state index in [0.29, 0.717) is 0 Å². The number of rotatable bonds is 4. The molecule has 1 N–H and O–H groups in total. The van der Waals surface area contributed by atoms with Crippen LogP contribution in [0.15, 0.2) is 18.2 Å². The molecule has 0 aliphatic rings. The highest BCUT2D eigenvalue weighted by molar-refractivity contribution is 6.31. The van der Waals surface area contributed by atoms with Crippen LogP contribution >= 0.6 is 11.6 Å². The summed E-state index contributed by atoms with van der Waals surface area (Å²) >= 11 is 5.96. The lowest BCUT2D eigenvalue weighted by molar-refractivity contribution is 0.626. The average molecular weight is 222 g/mol. The Labute approximate surface area is 96.8 Å². The lowest BCUT2D eigenvalue weighted by atomic mass is 10.0. The van der Waals surface area contributed by atoms with E-state index in [1.165, 1.54) is 0 Å². The molecule has 1 aromatic rings. The van der Waals surface area contributed by atoms with E-state index in [0.717, 1.165) is 29.1 Å². The topological polar surface area (TPSA) is 12.0 Å². The summed E-state index contributed by atoms with van der Waals surface area (Å²) < 4.78 is 0. The first-order chi connectivity index (χ1) is 7.19. The standard InChI is InChI=1S/C13H16ClN/c1-4-8-15-13(5-2)11-6-7-12(14)10(3)9-11/h2,6-7,9,13,15H,4,8H2,1,3H3. The summed E-state index contributed by atoms with van der Waals surface area (Å²) in [4.78, 5) is 0. The van der Waals surface area contributed by atoms with Gasteiger partial charge in [-0.05, 0) is 37.1 Å². The summed E-state index contributed by atoms with van der Waals surface area (Å²) in [5, 5.41) is 4.09. The first-order valence-electron chi connectivity index (χ1n) is 5.14. The molecule has 1 aromatic carbocycles. The molecule has 0 radical (unpaired) electrons. The number of terminal acetylenes is 1. The molecule has 80 valence electrons. The minimum Gasteiger partial charge on any atom is -0.300 e. The largest absolute Gasteiger partial charge is 0.300 e. The van der Waals surface area contributed by atoms with E-state index in [-0.39, 0.29) is 6.04 Å². The van der Waals surface area contributed by atoms with Crippen molar-refractivity contribution in [3.8, 4) is 12.3 Å². The monoisotopic (exact) mass is 221 g/mol. The molecule has 1 atom stereocenters. The van der Waals surface area contributed by atoms with Crippen LogP contribution in [0.2, 0.25) is 5.02 Å². The number of benzene rings is 1. The Hall–Kier alpha value is -0.970. The van der Waals surface area contributed by atoms with Gasteiger partial charge >= 0.3 is 0 Å². The summed E-state index contributed by atoms with van der Waals surface area (Å²) in [6.07, 6.45) is 6.56. The van der Waals surface area contributed by atoms with Crippen molar-refractivity contribution in [3.63, 3.8) is 0 Å². The lowest BCUT2D eigenvalue weighted by Crippen LogP contribution is -2.20. The third kappa shape index (κ3) is 3.27. The maximum Gasteiger partial charge on any atom is 0.0943 e. The van der Waals surface area contributed by atoms with Crippen molar-refractivity contribution < 1.29 is 0 Å². The fourth-order valence-electron chi connectivity index (χ4n) is 1.41. The van der Waals surface area contributed by atoms with Gasteiger partial charge in [0.25, 0.3) is 0 Å². The zero-order chi connectivity index (χ0) is 11.3. The summed E-state index contributed by atoms with van der Waals surface area (Å²) in [5.41, 5.74) is 2.17. The predicted octanol–water partition coefficient (Wildman–Crippen LogP) is 3.32. The molecule has 0 saturated carbocycles. The minimum absolute atomic E-state index is 0.0130. The molecule has 0 aliphatic heterocycles. The smallest absolute Gasteiger partial charge is 0.0943 e. The fourth-order valence-corrected chi connectivity index (χ4v) is 1.53. The van der Waals surface area contributed by atoms with Crippen LogP contribution in [-0.2, 0) is 0 Å². The molecule has 0 heterocycles. The number of aryl methyl sites for hydroxylation is 1. The molecule has 0 saturated heterocycles. The highest BCUT2D eigenvalue weighted by Crippen LogP contribution is 2.20. The summed E-state index contributed by atoms with van der Waals surface area (Å²) in [6, 6.07) is 5.89. The van der Waals surface area contributed by atoms with Crippen molar-refractivity contribution >= 4 is 11.6 Å². The second kappa shape index (κ2) is 5.80. The Bertz CT molecular complexity index is 365. The molecule has 2 heteroatoms. The number of hydrogen-bond acceptors (Lipinski definition) is 1. The van der Waals surface area contributed by atoms with E-state index in [1.807, 2.05) is 25.1 Å². The van der Waals surface area contributed by atoms with Crippen molar-refractivity contribution in [1.82, 2.24) is 5.32 Å². The second-order valence-electron chi connectivity index (χ2n) is 3.56.